The Kier molecular flexibility index (Phi) is 6.86. The van der Waals surface area contributed by atoms with Crippen LogP contribution in [0.2, 0.25) is 0 Å². The highest BCUT2D eigenvalue weighted by Crippen LogP contribution is 2.21. The van der Waals surface area contributed by atoms with Crippen LogP contribution in [0.1, 0.15) is 45.8 Å². The van der Waals surface area contributed by atoms with Crippen molar-refractivity contribution in [3.8, 4) is 0 Å². The Bertz CT molecular complexity index is 570. The van der Waals surface area contributed by atoms with Crippen molar-refractivity contribution in [3.05, 3.63) is 29.8 Å². The first-order valence-corrected chi connectivity index (χ1v) is 9.55. The molecule has 0 amide bonds. The fourth-order valence-corrected chi connectivity index (χ4v) is 3.38. The lowest BCUT2D eigenvalue weighted by Crippen LogP contribution is -2.43. The summed E-state index contributed by atoms with van der Waals surface area (Å²) < 4.78 is 24.5. The van der Waals surface area contributed by atoms with Gasteiger partial charge in [-0.05, 0) is 44.9 Å². The molecular weight excluding hydrogens is 322 g/mol. The van der Waals surface area contributed by atoms with Crippen LogP contribution >= 0.6 is 11.6 Å². The van der Waals surface area contributed by atoms with Gasteiger partial charge in [0, 0.05) is 18.0 Å². The summed E-state index contributed by atoms with van der Waals surface area (Å²) in [5, 5.41) is 12.9. The Morgan fingerprint density at radius 3 is 2.27 bits per heavy atom. The van der Waals surface area contributed by atoms with E-state index in [0.29, 0.717) is 29.3 Å². The third kappa shape index (κ3) is 4.95. The summed E-state index contributed by atoms with van der Waals surface area (Å²) in [6.45, 7) is 7.82. The molecule has 0 fully saturated rings. The topological polar surface area (TPSA) is 66.4 Å². The number of rotatable bonds is 8. The molecule has 0 aliphatic heterocycles. The molecule has 0 heterocycles. The van der Waals surface area contributed by atoms with Gasteiger partial charge in [0.25, 0.3) is 0 Å². The van der Waals surface area contributed by atoms with Gasteiger partial charge in [-0.15, -0.1) is 11.6 Å². The third-order valence-corrected chi connectivity index (χ3v) is 6.80. The van der Waals surface area contributed by atoms with Crippen LogP contribution in [0.5, 0.6) is 0 Å². The van der Waals surface area contributed by atoms with Crippen LogP contribution in [0, 0.1) is 0 Å². The largest absolute Gasteiger partial charge is 0.387 e. The van der Waals surface area contributed by atoms with Crippen LogP contribution in [0.25, 0.3) is 0 Å². The van der Waals surface area contributed by atoms with Gasteiger partial charge in [-0.3, -0.25) is 0 Å². The number of nitrogens with one attached hydrogen (secondary N) is 1. The smallest absolute Gasteiger partial charge is 0.180 e. The van der Waals surface area contributed by atoms with Crippen molar-refractivity contribution in [3.63, 3.8) is 0 Å². The van der Waals surface area contributed by atoms with Crippen molar-refractivity contribution in [2.24, 2.45) is 0 Å². The maximum atomic E-state index is 12.3. The monoisotopic (exact) mass is 347 g/mol. The lowest BCUT2D eigenvalue weighted by atomic mass is 10.1. The number of aliphatic hydroxyl groups is 1. The highest BCUT2D eigenvalue weighted by Gasteiger charge is 2.22. The standard InChI is InChI=1S/C16H26ClNO3S/c1-5-12(2)22(20,21)14-8-6-13(7-9-14)15(19)10-18-16(3,4)11-17/h6-9,12,15,18-19H,5,10-11H2,1-4H3. The van der Waals surface area contributed by atoms with E-state index < -0.39 is 21.2 Å². The maximum absolute atomic E-state index is 12.3. The van der Waals surface area contributed by atoms with Crippen LogP contribution < -0.4 is 5.32 Å². The van der Waals surface area contributed by atoms with Crippen molar-refractivity contribution in [2.75, 3.05) is 12.4 Å². The third-order valence-electron chi connectivity index (χ3n) is 3.81. The van der Waals surface area contributed by atoms with Crippen molar-refractivity contribution in [2.45, 2.75) is 55.9 Å². The van der Waals surface area contributed by atoms with E-state index in [-0.39, 0.29) is 5.54 Å². The molecule has 126 valence electrons. The number of halogens is 1. The average molecular weight is 348 g/mol. The minimum absolute atomic E-state index is 0.262. The van der Waals surface area contributed by atoms with Gasteiger partial charge in [0.2, 0.25) is 0 Å². The minimum atomic E-state index is -3.29. The van der Waals surface area contributed by atoms with Crippen LogP contribution in [0.3, 0.4) is 0 Å². The molecule has 4 nitrogen and oxygen atoms in total. The van der Waals surface area contributed by atoms with E-state index in [1.807, 2.05) is 20.8 Å². The van der Waals surface area contributed by atoms with Gasteiger partial charge in [-0.1, -0.05) is 19.1 Å². The number of aliphatic hydroxyl groups excluding tert-OH is 1. The van der Waals surface area contributed by atoms with Gasteiger partial charge in [0.05, 0.1) is 16.2 Å². The second kappa shape index (κ2) is 7.77. The molecule has 2 N–H and O–H groups in total. The summed E-state index contributed by atoms with van der Waals surface area (Å²) in [5.74, 6) is 0.436. The second-order valence-electron chi connectivity index (χ2n) is 6.25. The van der Waals surface area contributed by atoms with Gasteiger partial charge in [-0.2, -0.15) is 0 Å². The molecule has 0 saturated heterocycles. The first-order chi connectivity index (χ1) is 10.1. The van der Waals surface area contributed by atoms with E-state index in [9.17, 15) is 13.5 Å². The summed E-state index contributed by atoms with van der Waals surface area (Å²) in [7, 11) is -3.29. The number of benzene rings is 1. The zero-order valence-corrected chi connectivity index (χ0v) is 15.2. The molecule has 1 aromatic rings. The molecule has 0 aliphatic rings. The molecule has 2 atom stereocenters. The van der Waals surface area contributed by atoms with Gasteiger partial charge in [-0.25, -0.2) is 8.42 Å². The average Bonchev–Trinajstić information content (AvgIpc) is 2.51. The van der Waals surface area contributed by atoms with Crippen LogP contribution in [0.4, 0.5) is 0 Å². The number of hydrogen-bond acceptors (Lipinski definition) is 4. The van der Waals surface area contributed by atoms with Gasteiger partial charge in [0.15, 0.2) is 9.84 Å². The van der Waals surface area contributed by atoms with Crippen LogP contribution in [-0.4, -0.2) is 36.7 Å². The van der Waals surface area contributed by atoms with Crippen molar-refractivity contribution in [1.29, 1.82) is 0 Å². The predicted molar refractivity (Wildman–Crippen MR) is 91.1 cm³/mol. The molecule has 0 bridgehead atoms. The number of hydrogen-bond donors (Lipinski definition) is 2. The Labute approximate surface area is 138 Å². The van der Waals surface area contributed by atoms with E-state index in [1.54, 1.807) is 31.2 Å². The van der Waals surface area contributed by atoms with Crippen molar-refractivity contribution >= 4 is 21.4 Å². The summed E-state index contributed by atoms with van der Waals surface area (Å²) in [5.41, 5.74) is 0.420. The highest BCUT2D eigenvalue weighted by atomic mass is 35.5. The van der Waals surface area contributed by atoms with E-state index in [0.717, 1.165) is 0 Å². The summed E-state index contributed by atoms with van der Waals surface area (Å²) >= 11 is 5.83. The van der Waals surface area contributed by atoms with Gasteiger partial charge < -0.3 is 10.4 Å². The highest BCUT2D eigenvalue weighted by molar-refractivity contribution is 7.92. The molecule has 0 aromatic heterocycles. The zero-order valence-electron chi connectivity index (χ0n) is 13.6. The summed E-state index contributed by atoms with van der Waals surface area (Å²) in [4.78, 5) is 0.298. The summed E-state index contributed by atoms with van der Waals surface area (Å²) in [6.07, 6.45) is -0.132. The lowest BCUT2D eigenvalue weighted by Gasteiger charge is -2.25. The second-order valence-corrected chi connectivity index (χ2v) is 8.88. The first-order valence-electron chi connectivity index (χ1n) is 7.47. The molecule has 0 spiro atoms. The van der Waals surface area contributed by atoms with Gasteiger partial charge >= 0.3 is 0 Å². The predicted octanol–water partition coefficient (Wildman–Crippen LogP) is 2.90. The number of β-amino-alcohol motifs (C(OH)–C–C–N with tert-alkyl or cyclic N) is 1. The summed E-state index contributed by atoms with van der Waals surface area (Å²) in [6, 6.07) is 6.45. The molecule has 1 rings (SSSR count). The molecule has 0 saturated carbocycles. The Morgan fingerprint density at radius 1 is 1.27 bits per heavy atom. The van der Waals surface area contributed by atoms with E-state index in [4.69, 9.17) is 11.6 Å². The Hall–Kier alpha value is -0.620. The van der Waals surface area contributed by atoms with E-state index in [2.05, 4.69) is 5.32 Å². The van der Waals surface area contributed by atoms with Crippen molar-refractivity contribution in [1.82, 2.24) is 5.32 Å². The van der Waals surface area contributed by atoms with Crippen molar-refractivity contribution < 1.29 is 13.5 Å². The number of sulfone groups is 1. The fourth-order valence-electron chi connectivity index (χ4n) is 1.87. The lowest BCUT2D eigenvalue weighted by molar-refractivity contribution is 0.163. The zero-order chi connectivity index (χ0) is 17.0. The maximum Gasteiger partial charge on any atom is 0.180 e. The minimum Gasteiger partial charge on any atom is -0.387 e. The Balaban J connectivity index is 2.81. The molecule has 0 aliphatic carbocycles. The van der Waals surface area contributed by atoms with Crippen LogP contribution in [0.15, 0.2) is 29.2 Å². The molecule has 2 unspecified atom stereocenters. The van der Waals surface area contributed by atoms with Gasteiger partial charge in [0.1, 0.15) is 0 Å². The molecule has 22 heavy (non-hydrogen) atoms. The number of alkyl halides is 1. The quantitative estimate of drug-likeness (QED) is 0.709. The van der Waals surface area contributed by atoms with E-state index in [1.165, 1.54) is 0 Å². The molecule has 1 aromatic carbocycles. The normalized spacial score (nSPS) is 15.5. The molecule has 0 radical (unpaired) electrons. The fraction of sp³-hybridized carbons (Fsp3) is 0.625. The Morgan fingerprint density at radius 2 is 1.82 bits per heavy atom. The molecular formula is C16H26ClNO3S. The first kappa shape index (κ1) is 19.4. The van der Waals surface area contributed by atoms with E-state index >= 15 is 0 Å². The SMILES string of the molecule is CCC(C)S(=O)(=O)c1ccc(C(O)CNC(C)(C)CCl)cc1. The molecule has 6 heteroatoms. The van der Waals surface area contributed by atoms with Crippen LogP contribution in [-0.2, 0) is 9.84 Å².